The molecule has 5 nitrogen and oxygen atoms in total. The molecule has 146 valence electrons. The standard InChI is InChI=1S/C22H30N2O3/c1-17-10-11-20(19(14-17)22(2,3)4)27-16-23-21(26)24(12-13-25)15-18-8-6-5-7-9-18/h5-11,14,25H,12-13,15-16H2,1-4H3,(H,23,26). The molecular formula is C22H30N2O3. The normalized spacial score (nSPS) is 11.1. The van der Waals surface area contributed by atoms with Gasteiger partial charge in [0.15, 0.2) is 6.73 Å². The molecular weight excluding hydrogens is 340 g/mol. The molecule has 2 rings (SSSR count). The van der Waals surface area contributed by atoms with Gasteiger partial charge in [-0.2, -0.15) is 0 Å². The van der Waals surface area contributed by atoms with Gasteiger partial charge in [0.25, 0.3) is 0 Å². The number of aryl methyl sites for hydroxylation is 1. The predicted octanol–water partition coefficient (Wildman–Crippen LogP) is 3.83. The summed E-state index contributed by atoms with van der Waals surface area (Å²) in [4.78, 5) is 14.1. The number of ether oxygens (including phenoxy) is 1. The van der Waals surface area contributed by atoms with E-state index in [0.717, 1.165) is 16.9 Å². The summed E-state index contributed by atoms with van der Waals surface area (Å²) in [6.07, 6.45) is 0. The molecule has 5 heteroatoms. The summed E-state index contributed by atoms with van der Waals surface area (Å²) in [6.45, 7) is 9.14. The molecule has 27 heavy (non-hydrogen) atoms. The summed E-state index contributed by atoms with van der Waals surface area (Å²) in [7, 11) is 0. The smallest absolute Gasteiger partial charge is 0.320 e. The molecule has 0 aromatic heterocycles. The number of nitrogens with zero attached hydrogens (tertiary/aromatic N) is 1. The topological polar surface area (TPSA) is 61.8 Å². The third-order valence-corrected chi connectivity index (χ3v) is 4.27. The van der Waals surface area contributed by atoms with E-state index in [1.54, 1.807) is 4.90 Å². The zero-order chi connectivity index (χ0) is 19.9. The van der Waals surface area contributed by atoms with Crippen LogP contribution < -0.4 is 10.1 Å². The van der Waals surface area contributed by atoms with Crippen LogP contribution in [0.2, 0.25) is 0 Å². The van der Waals surface area contributed by atoms with Gasteiger partial charge in [-0.25, -0.2) is 4.79 Å². The fourth-order valence-electron chi connectivity index (χ4n) is 2.82. The minimum atomic E-state index is -0.266. The molecule has 0 heterocycles. The number of benzene rings is 2. The quantitative estimate of drug-likeness (QED) is 0.728. The zero-order valence-electron chi connectivity index (χ0n) is 16.7. The molecule has 0 fully saturated rings. The Morgan fingerprint density at radius 2 is 1.85 bits per heavy atom. The van der Waals surface area contributed by atoms with Gasteiger partial charge in [0, 0.05) is 13.1 Å². The van der Waals surface area contributed by atoms with Gasteiger partial charge < -0.3 is 20.1 Å². The van der Waals surface area contributed by atoms with E-state index in [-0.39, 0.29) is 31.3 Å². The molecule has 0 aliphatic heterocycles. The van der Waals surface area contributed by atoms with Crippen molar-refractivity contribution in [1.82, 2.24) is 10.2 Å². The second-order valence-corrected chi connectivity index (χ2v) is 7.65. The Morgan fingerprint density at radius 3 is 2.48 bits per heavy atom. The Hall–Kier alpha value is -2.53. The Morgan fingerprint density at radius 1 is 1.15 bits per heavy atom. The first-order valence-electron chi connectivity index (χ1n) is 9.23. The molecule has 0 saturated heterocycles. The second-order valence-electron chi connectivity index (χ2n) is 7.65. The number of amides is 2. The first-order valence-corrected chi connectivity index (χ1v) is 9.23. The minimum absolute atomic E-state index is 0.0540. The Balaban J connectivity index is 1.98. The SMILES string of the molecule is Cc1ccc(OCNC(=O)N(CCO)Cc2ccccc2)c(C(C)(C)C)c1. The van der Waals surface area contributed by atoms with Crippen LogP contribution in [0, 0.1) is 6.92 Å². The molecule has 2 amide bonds. The van der Waals surface area contributed by atoms with Crippen molar-refractivity contribution in [2.75, 3.05) is 19.9 Å². The van der Waals surface area contributed by atoms with E-state index >= 15 is 0 Å². The predicted molar refractivity (Wildman–Crippen MR) is 108 cm³/mol. The first-order chi connectivity index (χ1) is 12.8. The van der Waals surface area contributed by atoms with Crippen LogP contribution >= 0.6 is 0 Å². The molecule has 0 atom stereocenters. The van der Waals surface area contributed by atoms with Crippen molar-refractivity contribution in [3.8, 4) is 5.75 Å². The molecule has 0 aliphatic rings. The highest BCUT2D eigenvalue weighted by Crippen LogP contribution is 2.31. The van der Waals surface area contributed by atoms with Crippen LogP contribution in [-0.2, 0) is 12.0 Å². The number of carbonyl (C=O) groups excluding carboxylic acids is 1. The lowest BCUT2D eigenvalue weighted by atomic mass is 9.85. The van der Waals surface area contributed by atoms with Crippen LogP contribution in [0.5, 0.6) is 5.75 Å². The maximum absolute atomic E-state index is 12.5. The van der Waals surface area contributed by atoms with Crippen LogP contribution in [0.4, 0.5) is 4.79 Å². The molecule has 0 aliphatic carbocycles. The number of hydrogen-bond acceptors (Lipinski definition) is 3. The van der Waals surface area contributed by atoms with Crippen molar-refractivity contribution in [3.63, 3.8) is 0 Å². The number of urea groups is 1. The number of nitrogens with one attached hydrogen (secondary N) is 1. The summed E-state index contributed by atoms with van der Waals surface area (Å²) in [5.41, 5.74) is 3.24. The molecule has 2 N–H and O–H groups in total. The van der Waals surface area contributed by atoms with Gasteiger partial charge in [0.05, 0.1) is 6.61 Å². The van der Waals surface area contributed by atoms with E-state index < -0.39 is 0 Å². The largest absolute Gasteiger partial charge is 0.473 e. The maximum atomic E-state index is 12.5. The number of hydrogen-bond donors (Lipinski definition) is 2. The zero-order valence-corrected chi connectivity index (χ0v) is 16.7. The van der Waals surface area contributed by atoms with Crippen molar-refractivity contribution in [1.29, 1.82) is 0 Å². The minimum Gasteiger partial charge on any atom is -0.473 e. The van der Waals surface area contributed by atoms with Crippen LogP contribution in [0.3, 0.4) is 0 Å². The molecule has 0 spiro atoms. The monoisotopic (exact) mass is 370 g/mol. The van der Waals surface area contributed by atoms with E-state index in [1.807, 2.05) is 42.5 Å². The highest BCUT2D eigenvalue weighted by molar-refractivity contribution is 5.74. The number of aliphatic hydroxyl groups is 1. The molecule has 0 saturated carbocycles. The highest BCUT2D eigenvalue weighted by atomic mass is 16.5. The van der Waals surface area contributed by atoms with E-state index in [9.17, 15) is 9.90 Å². The summed E-state index contributed by atoms with van der Waals surface area (Å²) < 4.78 is 5.85. The fourth-order valence-corrected chi connectivity index (χ4v) is 2.82. The highest BCUT2D eigenvalue weighted by Gasteiger charge is 2.19. The van der Waals surface area contributed by atoms with Crippen molar-refractivity contribution in [2.45, 2.75) is 39.7 Å². The van der Waals surface area contributed by atoms with Crippen LogP contribution in [0.25, 0.3) is 0 Å². The summed E-state index contributed by atoms with van der Waals surface area (Å²) in [6, 6.07) is 15.5. The van der Waals surface area contributed by atoms with E-state index in [1.165, 1.54) is 5.56 Å². The lowest BCUT2D eigenvalue weighted by molar-refractivity contribution is 0.164. The maximum Gasteiger partial charge on any atom is 0.320 e. The van der Waals surface area contributed by atoms with Gasteiger partial charge >= 0.3 is 6.03 Å². The van der Waals surface area contributed by atoms with Gasteiger partial charge in [-0.1, -0.05) is 68.8 Å². The number of aliphatic hydroxyl groups excluding tert-OH is 1. The third kappa shape index (κ3) is 6.29. The van der Waals surface area contributed by atoms with Gasteiger partial charge in [-0.05, 0) is 29.5 Å². The Kier molecular flexibility index (Phi) is 7.25. The fraction of sp³-hybridized carbons (Fsp3) is 0.409. The van der Waals surface area contributed by atoms with Gasteiger partial charge in [0.1, 0.15) is 5.75 Å². The molecule has 0 bridgehead atoms. The number of carbonyl (C=O) groups is 1. The van der Waals surface area contributed by atoms with Crippen molar-refractivity contribution in [3.05, 3.63) is 65.2 Å². The van der Waals surface area contributed by atoms with Crippen molar-refractivity contribution < 1.29 is 14.6 Å². The van der Waals surface area contributed by atoms with Crippen LogP contribution in [0.1, 0.15) is 37.5 Å². The van der Waals surface area contributed by atoms with Gasteiger partial charge in [-0.15, -0.1) is 0 Å². The molecule has 0 unspecified atom stereocenters. The van der Waals surface area contributed by atoms with Gasteiger partial charge in [-0.3, -0.25) is 0 Å². The van der Waals surface area contributed by atoms with E-state index in [4.69, 9.17) is 4.74 Å². The van der Waals surface area contributed by atoms with E-state index in [2.05, 4.69) is 39.1 Å². The van der Waals surface area contributed by atoms with Gasteiger partial charge in [0.2, 0.25) is 0 Å². The average molecular weight is 370 g/mol. The summed E-state index contributed by atoms with van der Waals surface area (Å²) in [5.74, 6) is 0.769. The number of rotatable bonds is 7. The Labute approximate surface area is 162 Å². The summed E-state index contributed by atoms with van der Waals surface area (Å²) in [5, 5.41) is 12.0. The van der Waals surface area contributed by atoms with Crippen molar-refractivity contribution >= 4 is 6.03 Å². The molecule has 2 aromatic carbocycles. The first kappa shape index (κ1) is 20.8. The summed E-state index contributed by atoms with van der Waals surface area (Å²) >= 11 is 0. The van der Waals surface area contributed by atoms with Crippen molar-refractivity contribution in [2.24, 2.45) is 0 Å². The molecule has 0 radical (unpaired) electrons. The third-order valence-electron chi connectivity index (χ3n) is 4.27. The second kappa shape index (κ2) is 9.42. The Bertz CT molecular complexity index is 739. The average Bonchev–Trinajstić information content (AvgIpc) is 2.62. The lowest BCUT2D eigenvalue weighted by Crippen LogP contribution is -2.42. The van der Waals surface area contributed by atoms with Crippen LogP contribution in [-0.4, -0.2) is 35.9 Å². The lowest BCUT2D eigenvalue weighted by Gasteiger charge is -2.25. The van der Waals surface area contributed by atoms with E-state index in [0.29, 0.717) is 6.54 Å². The van der Waals surface area contributed by atoms with Crippen LogP contribution in [0.15, 0.2) is 48.5 Å². The molecule has 2 aromatic rings.